The van der Waals surface area contributed by atoms with Crippen LogP contribution in [0.4, 0.5) is 14.4 Å². The fourth-order valence-corrected chi connectivity index (χ4v) is 3.13. The third-order valence-corrected chi connectivity index (χ3v) is 4.91. The van der Waals surface area contributed by atoms with E-state index in [4.69, 9.17) is 10.2 Å². The SMILES string of the molecule is O=C(O)CN(CCN1CCN(C(=O)O)CCN(C(=O)O)CCN(C(=O)O)CC1)CC(=O)O. The third-order valence-electron chi connectivity index (χ3n) is 4.91. The molecule has 1 saturated heterocycles. The second kappa shape index (κ2) is 13.2. The quantitative estimate of drug-likeness (QED) is 0.299. The highest BCUT2D eigenvalue weighted by molar-refractivity contribution is 5.72. The standard InChI is InChI=1S/C17H29N5O10/c23-13(24)11-19(12-14(25)26)2-1-18-3-5-20(15(27)28)7-9-22(17(31)32)10-8-21(6-4-18)16(29)30/h1-12H2,(H,23,24)(H,25,26)(H,27,28)(H,29,30)(H,31,32). The Bertz CT molecular complexity index is 645. The molecule has 0 spiro atoms. The van der Waals surface area contributed by atoms with Gasteiger partial charge in [0.15, 0.2) is 0 Å². The molecule has 0 aromatic heterocycles. The number of hydrogen-bond donors (Lipinski definition) is 5. The highest BCUT2D eigenvalue weighted by Crippen LogP contribution is 2.03. The van der Waals surface area contributed by atoms with Crippen LogP contribution in [0.2, 0.25) is 0 Å². The topological polar surface area (TPSA) is 203 Å². The van der Waals surface area contributed by atoms with Gasteiger partial charge in [-0.15, -0.1) is 0 Å². The summed E-state index contributed by atoms with van der Waals surface area (Å²) in [4.78, 5) is 62.3. The third kappa shape index (κ3) is 10.1. The van der Waals surface area contributed by atoms with Crippen molar-refractivity contribution in [1.29, 1.82) is 0 Å². The molecular formula is C17H29N5O10. The summed E-state index contributed by atoms with van der Waals surface area (Å²) in [5, 5.41) is 46.0. The van der Waals surface area contributed by atoms with Crippen LogP contribution < -0.4 is 0 Å². The molecule has 32 heavy (non-hydrogen) atoms. The van der Waals surface area contributed by atoms with Crippen molar-refractivity contribution in [1.82, 2.24) is 24.5 Å². The first-order valence-electron chi connectivity index (χ1n) is 9.81. The van der Waals surface area contributed by atoms with Crippen LogP contribution in [-0.2, 0) is 9.59 Å². The molecule has 1 heterocycles. The molecular weight excluding hydrogens is 434 g/mol. The summed E-state index contributed by atoms with van der Waals surface area (Å²) in [6.45, 7) is -0.849. The number of carboxylic acid groups (broad SMARTS) is 5. The van der Waals surface area contributed by atoms with Crippen LogP contribution in [0.15, 0.2) is 0 Å². The maximum absolute atomic E-state index is 11.5. The van der Waals surface area contributed by atoms with Crippen LogP contribution in [-0.4, -0.2) is 159 Å². The first kappa shape index (κ1) is 26.7. The van der Waals surface area contributed by atoms with Gasteiger partial charge in [0.25, 0.3) is 0 Å². The predicted octanol–water partition coefficient (Wildman–Crippen LogP) is -1.29. The van der Waals surface area contributed by atoms with E-state index in [0.29, 0.717) is 0 Å². The van der Waals surface area contributed by atoms with Gasteiger partial charge in [-0.05, 0) is 0 Å². The van der Waals surface area contributed by atoms with Gasteiger partial charge in [0.2, 0.25) is 0 Å². The minimum atomic E-state index is -1.28. The molecule has 3 amide bonds. The number of amides is 3. The van der Waals surface area contributed by atoms with Crippen molar-refractivity contribution >= 4 is 30.2 Å². The molecule has 182 valence electrons. The number of carbonyl (C=O) groups is 5. The molecule has 0 atom stereocenters. The molecule has 15 nitrogen and oxygen atoms in total. The van der Waals surface area contributed by atoms with E-state index in [9.17, 15) is 39.3 Å². The maximum atomic E-state index is 11.5. The summed E-state index contributed by atoms with van der Waals surface area (Å²) < 4.78 is 0. The Hall–Kier alpha value is -3.33. The molecule has 0 saturated carbocycles. The summed E-state index contributed by atoms with van der Waals surface area (Å²) in [6, 6.07) is 0. The molecule has 15 heteroatoms. The molecule has 5 N–H and O–H groups in total. The average Bonchev–Trinajstić information content (AvgIpc) is 2.65. The Morgan fingerprint density at radius 3 is 1.16 bits per heavy atom. The fraction of sp³-hybridized carbons (Fsp3) is 0.706. The van der Waals surface area contributed by atoms with Crippen LogP contribution in [0.5, 0.6) is 0 Å². The number of nitrogens with zero attached hydrogens (tertiary/aromatic N) is 5. The van der Waals surface area contributed by atoms with Gasteiger partial charge in [0, 0.05) is 65.4 Å². The van der Waals surface area contributed by atoms with E-state index in [-0.39, 0.29) is 65.4 Å². The van der Waals surface area contributed by atoms with Crippen molar-refractivity contribution in [3.05, 3.63) is 0 Å². The van der Waals surface area contributed by atoms with Crippen molar-refractivity contribution in [3.63, 3.8) is 0 Å². The van der Waals surface area contributed by atoms with E-state index in [1.165, 1.54) is 4.90 Å². The zero-order valence-electron chi connectivity index (χ0n) is 17.5. The second-order valence-electron chi connectivity index (χ2n) is 7.15. The fourth-order valence-electron chi connectivity index (χ4n) is 3.13. The van der Waals surface area contributed by atoms with E-state index in [2.05, 4.69) is 0 Å². The zero-order valence-corrected chi connectivity index (χ0v) is 17.5. The number of aliphatic carboxylic acids is 2. The van der Waals surface area contributed by atoms with Gasteiger partial charge in [-0.1, -0.05) is 0 Å². The van der Waals surface area contributed by atoms with Crippen LogP contribution >= 0.6 is 0 Å². The molecule has 0 aromatic rings. The lowest BCUT2D eigenvalue weighted by Gasteiger charge is -2.32. The van der Waals surface area contributed by atoms with Gasteiger partial charge in [0.05, 0.1) is 13.1 Å². The normalized spacial score (nSPS) is 16.8. The highest BCUT2D eigenvalue weighted by Gasteiger charge is 2.23. The lowest BCUT2D eigenvalue weighted by atomic mass is 10.3. The molecule has 0 aromatic carbocycles. The summed E-state index contributed by atoms with van der Waals surface area (Å²) in [6.07, 6.45) is -3.76. The Morgan fingerprint density at radius 1 is 0.562 bits per heavy atom. The van der Waals surface area contributed by atoms with Crippen molar-refractivity contribution in [2.24, 2.45) is 0 Å². The van der Waals surface area contributed by atoms with E-state index in [1.807, 2.05) is 0 Å². The van der Waals surface area contributed by atoms with E-state index >= 15 is 0 Å². The molecule has 0 aliphatic carbocycles. The second-order valence-corrected chi connectivity index (χ2v) is 7.15. The van der Waals surface area contributed by atoms with Gasteiger partial charge in [-0.2, -0.15) is 0 Å². The highest BCUT2D eigenvalue weighted by atomic mass is 16.4. The molecule has 0 radical (unpaired) electrons. The van der Waals surface area contributed by atoms with Gasteiger partial charge >= 0.3 is 30.2 Å². The molecule has 0 unspecified atom stereocenters. The van der Waals surface area contributed by atoms with Gasteiger partial charge in [-0.3, -0.25) is 19.4 Å². The molecule has 1 fully saturated rings. The van der Waals surface area contributed by atoms with Crippen LogP contribution in [0.3, 0.4) is 0 Å². The van der Waals surface area contributed by atoms with Gasteiger partial charge in [-0.25, -0.2) is 14.4 Å². The predicted molar refractivity (Wildman–Crippen MR) is 107 cm³/mol. The first-order chi connectivity index (χ1) is 15.0. The number of rotatable bonds is 7. The zero-order chi connectivity index (χ0) is 24.3. The lowest BCUT2D eigenvalue weighted by Crippen LogP contribution is -2.50. The van der Waals surface area contributed by atoms with E-state index in [0.717, 1.165) is 14.7 Å². The first-order valence-corrected chi connectivity index (χ1v) is 9.81. The van der Waals surface area contributed by atoms with Crippen molar-refractivity contribution < 1.29 is 49.5 Å². The molecule has 1 aliphatic rings. The monoisotopic (exact) mass is 463 g/mol. The number of hydrogen-bond acceptors (Lipinski definition) is 7. The molecule has 1 rings (SSSR count). The van der Waals surface area contributed by atoms with Gasteiger partial charge in [0.1, 0.15) is 0 Å². The van der Waals surface area contributed by atoms with Crippen LogP contribution in [0, 0.1) is 0 Å². The minimum absolute atomic E-state index is 0.00766. The summed E-state index contributed by atoms with van der Waals surface area (Å²) in [5.74, 6) is -2.39. The maximum Gasteiger partial charge on any atom is 0.407 e. The lowest BCUT2D eigenvalue weighted by molar-refractivity contribution is -0.141. The van der Waals surface area contributed by atoms with Crippen LogP contribution in [0.1, 0.15) is 0 Å². The van der Waals surface area contributed by atoms with Crippen molar-refractivity contribution in [2.75, 3.05) is 78.5 Å². The summed E-state index contributed by atoms with van der Waals surface area (Å²) >= 11 is 0. The number of carboxylic acids is 2. The van der Waals surface area contributed by atoms with E-state index < -0.39 is 43.3 Å². The summed E-state index contributed by atoms with van der Waals surface area (Å²) in [5.41, 5.74) is 0. The smallest absolute Gasteiger partial charge is 0.407 e. The molecule has 0 bridgehead atoms. The largest absolute Gasteiger partial charge is 0.480 e. The molecule has 1 aliphatic heterocycles. The Labute approximate surface area is 183 Å². The minimum Gasteiger partial charge on any atom is -0.480 e. The average molecular weight is 463 g/mol. The summed E-state index contributed by atoms with van der Waals surface area (Å²) in [7, 11) is 0. The van der Waals surface area contributed by atoms with E-state index in [1.54, 1.807) is 4.90 Å². The van der Waals surface area contributed by atoms with Crippen LogP contribution in [0.25, 0.3) is 0 Å². The van der Waals surface area contributed by atoms with Crippen molar-refractivity contribution in [3.8, 4) is 0 Å². The van der Waals surface area contributed by atoms with Gasteiger partial charge < -0.3 is 40.2 Å². The Balaban J connectivity index is 2.92. The van der Waals surface area contributed by atoms with Crippen molar-refractivity contribution in [2.45, 2.75) is 0 Å². The Morgan fingerprint density at radius 2 is 0.875 bits per heavy atom. The Kier molecular flexibility index (Phi) is 11.0.